The van der Waals surface area contributed by atoms with Gasteiger partial charge in [-0.1, -0.05) is 0 Å². The molecule has 3 heterocycles. The molecule has 1 atom stereocenters. The Morgan fingerprint density at radius 3 is 2.86 bits per heavy atom. The zero-order chi connectivity index (χ0) is 15.2. The van der Waals surface area contributed by atoms with Crippen LogP contribution < -0.4 is 10.2 Å². The average molecular weight is 294 g/mol. The molecule has 2 aromatic rings. The molecule has 1 N–H and O–H groups in total. The van der Waals surface area contributed by atoms with Gasteiger partial charge in [-0.05, 0) is 37.0 Å². The molecule has 6 heteroatoms. The fraction of sp³-hybridized carbons (Fsp3) is 0.375. The molecule has 1 aliphatic heterocycles. The summed E-state index contributed by atoms with van der Waals surface area (Å²) in [6.07, 6.45) is 7.62. The minimum atomic E-state index is 0.440. The first-order valence-corrected chi connectivity index (χ1v) is 7.47. The van der Waals surface area contributed by atoms with E-state index >= 15 is 0 Å². The van der Waals surface area contributed by atoms with Crippen LogP contribution in [0, 0.1) is 17.2 Å². The van der Waals surface area contributed by atoms with Gasteiger partial charge in [0.2, 0.25) is 5.95 Å². The van der Waals surface area contributed by atoms with Crippen LogP contribution in [0.2, 0.25) is 0 Å². The minimum absolute atomic E-state index is 0.440. The highest BCUT2D eigenvalue weighted by molar-refractivity contribution is 5.42. The maximum Gasteiger partial charge on any atom is 0.225 e. The summed E-state index contributed by atoms with van der Waals surface area (Å²) in [6, 6.07) is 7.49. The Hall–Kier alpha value is -2.68. The van der Waals surface area contributed by atoms with E-state index in [-0.39, 0.29) is 0 Å². The number of hydrogen-bond acceptors (Lipinski definition) is 6. The molecule has 6 nitrogen and oxygen atoms in total. The zero-order valence-corrected chi connectivity index (χ0v) is 12.3. The molecule has 0 aromatic carbocycles. The Kier molecular flexibility index (Phi) is 4.44. The molecule has 1 saturated heterocycles. The summed E-state index contributed by atoms with van der Waals surface area (Å²) < 4.78 is 0. The van der Waals surface area contributed by atoms with Gasteiger partial charge < -0.3 is 10.2 Å². The van der Waals surface area contributed by atoms with E-state index in [1.165, 1.54) is 6.42 Å². The summed E-state index contributed by atoms with van der Waals surface area (Å²) in [6.45, 7) is 2.86. The molecule has 22 heavy (non-hydrogen) atoms. The summed E-state index contributed by atoms with van der Waals surface area (Å²) in [5.74, 6) is 1.36. The fourth-order valence-electron chi connectivity index (χ4n) is 2.69. The number of pyridine rings is 1. The zero-order valence-electron chi connectivity index (χ0n) is 12.3. The van der Waals surface area contributed by atoms with Crippen LogP contribution in [0.3, 0.4) is 0 Å². The summed E-state index contributed by atoms with van der Waals surface area (Å²) in [4.78, 5) is 15.0. The van der Waals surface area contributed by atoms with Gasteiger partial charge in [0.15, 0.2) is 0 Å². The molecule has 1 fully saturated rings. The van der Waals surface area contributed by atoms with Gasteiger partial charge in [0.05, 0.1) is 11.9 Å². The van der Waals surface area contributed by atoms with E-state index in [0.717, 1.165) is 37.7 Å². The first-order chi connectivity index (χ1) is 10.8. The second-order valence-corrected chi connectivity index (χ2v) is 5.43. The highest BCUT2D eigenvalue weighted by Gasteiger charge is 2.21. The summed E-state index contributed by atoms with van der Waals surface area (Å²) in [5.41, 5.74) is 1.39. The molecule has 2 aromatic heterocycles. The normalized spacial score (nSPS) is 17.8. The molecule has 0 radical (unpaired) electrons. The molecule has 0 saturated carbocycles. The maximum absolute atomic E-state index is 8.75. The maximum atomic E-state index is 8.75. The third kappa shape index (κ3) is 3.50. The second kappa shape index (κ2) is 6.85. The number of nitrogens with zero attached hydrogens (tertiary/aromatic N) is 5. The van der Waals surface area contributed by atoms with Gasteiger partial charge in [0, 0.05) is 32.0 Å². The van der Waals surface area contributed by atoms with E-state index in [0.29, 0.717) is 11.6 Å². The number of nitriles is 1. The topological polar surface area (TPSA) is 77.7 Å². The molecule has 3 rings (SSSR count). The predicted molar refractivity (Wildman–Crippen MR) is 84.4 cm³/mol. The van der Waals surface area contributed by atoms with Crippen molar-refractivity contribution in [3.05, 3.63) is 42.5 Å². The van der Waals surface area contributed by atoms with Crippen LogP contribution in [0.5, 0.6) is 0 Å². The van der Waals surface area contributed by atoms with E-state index in [9.17, 15) is 0 Å². The lowest BCUT2D eigenvalue weighted by Gasteiger charge is -2.32. The van der Waals surface area contributed by atoms with Gasteiger partial charge in [-0.3, -0.25) is 0 Å². The molecule has 112 valence electrons. The molecule has 1 unspecified atom stereocenters. The highest BCUT2D eigenvalue weighted by atomic mass is 15.3. The van der Waals surface area contributed by atoms with Crippen LogP contribution in [0.25, 0.3) is 0 Å². The number of hydrogen-bond donors (Lipinski definition) is 1. The van der Waals surface area contributed by atoms with Crippen molar-refractivity contribution >= 4 is 11.6 Å². The Bertz CT molecular complexity index is 634. The number of piperidine rings is 1. The SMILES string of the molecule is N#Cc1ccc(NCC2CCCN(c3ncccn3)C2)cn1. The first kappa shape index (κ1) is 14.3. The standard InChI is InChI=1S/C16H18N6/c17-9-14-4-5-15(11-21-14)20-10-13-3-1-8-22(12-13)16-18-6-2-7-19-16/h2,4-7,11,13,20H,1,3,8,10,12H2. The van der Waals surface area contributed by atoms with Crippen molar-refractivity contribution in [2.45, 2.75) is 12.8 Å². The van der Waals surface area contributed by atoms with E-state index in [1.54, 1.807) is 24.7 Å². The molecular formula is C16H18N6. The van der Waals surface area contributed by atoms with Gasteiger partial charge in [-0.2, -0.15) is 5.26 Å². The Morgan fingerprint density at radius 1 is 1.27 bits per heavy atom. The molecule has 1 aliphatic rings. The molecule has 0 spiro atoms. The van der Waals surface area contributed by atoms with Crippen LogP contribution in [-0.2, 0) is 0 Å². The lowest BCUT2D eigenvalue weighted by Crippen LogP contribution is -2.39. The van der Waals surface area contributed by atoms with Crippen molar-refractivity contribution in [2.24, 2.45) is 5.92 Å². The number of nitrogens with one attached hydrogen (secondary N) is 1. The molecule has 0 bridgehead atoms. The van der Waals surface area contributed by atoms with E-state index < -0.39 is 0 Å². The third-order valence-electron chi connectivity index (χ3n) is 3.83. The second-order valence-electron chi connectivity index (χ2n) is 5.43. The Morgan fingerprint density at radius 2 is 2.14 bits per heavy atom. The van der Waals surface area contributed by atoms with Gasteiger partial charge in [-0.25, -0.2) is 15.0 Å². The fourth-order valence-corrected chi connectivity index (χ4v) is 2.69. The third-order valence-corrected chi connectivity index (χ3v) is 3.83. The van der Waals surface area contributed by atoms with Crippen molar-refractivity contribution in [3.63, 3.8) is 0 Å². The van der Waals surface area contributed by atoms with Crippen LogP contribution >= 0.6 is 0 Å². The minimum Gasteiger partial charge on any atom is -0.383 e. The molecular weight excluding hydrogens is 276 g/mol. The Labute approximate surface area is 129 Å². The predicted octanol–water partition coefficient (Wildman–Crippen LogP) is 2.07. The van der Waals surface area contributed by atoms with Crippen molar-refractivity contribution in [1.29, 1.82) is 5.26 Å². The van der Waals surface area contributed by atoms with Crippen LogP contribution in [0.15, 0.2) is 36.8 Å². The van der Waals surface area contributed by atoms with Crippen LogP contribution in [0.1, 0.15) is 18.5 Å². The number of aromatic nitrogens is 3. The Balaban J connectivity index is 1.55. The van der Waals surface area contributed by atoms with Crippen LogP contribution in [0.4, 0.5) is 11.6 Å². The van der Waals surface area contributed by atoms with Crippen molar-refractivity contribution in [1.82, 2.24) is 15.0 Å². The highest BCUT2D eigenvalue weighted by Crippen LogP contribution is 2.20. The summed E-state index contributed by atoms with van der Waals surface area (Å²) >= 11 is 0. The van der Waals surface area contributed by atoms with Gasteiger partial charge in [-0.15, -0.1) is 0 Å². The van der Waals surface area contributed by atoms with Gasteiger partial charge in [0.25, 0.3) is 0 Å². The smallest absolute Gasteiger partial charge is 0.225 e. The number of anilines is 2. The largest absolute Gasteiger partial charge is 0.383 e. The van der Waals surface area contributed by atoms with E-state index in [1.807, 2.05) is 18.2 Å². The first-order valence-electron chi connectivity index (χ1n) is 7.47. The van der Waals surface area contributed by atoms with E-state index in [2.05, 4.69) is 25.2 Å². The quantitative estimate of drug-likeness (QED) is 0.930. The summed E-state index contributed by atoms with van der Waals surface area (Å²) in [5, 5.41) is 12.1. The van der Waals surface area contributed by atoms with Crippen molar-refractivity contribution < 1.29 is 0 Å². The van der Waals surface area contributed by atoms with Gasteiger partial charge in [0.1, 0.15) is 11.8 Å². The van der Waals surface area contributed by atoms with Crippen molar-refractivity contribution in [3.8, 4) is 6.07 Å². The molecule has 0 aliphatic carbocycles. The molecule has 0 amide bonds. The lowest BCUT2D eigenvalue weighted by molar-refractivity contribution is 0.428. The van der Waals surface area contributed by atoms with Gasteiger partial charge >= 0.3 is 0 Å². The monoisotopic (exact) mass is 294 g/mol. The lowest BCUT2D eigenvalue weighted by atomic mass is 9.98. The van der Waals surface area contributed by atoms with E-state index in [4.69, 9.17) is 5.26 Å². The number of rotatable bonds is 4. The average Bonchev–Trinajstić information content (AvgIpc) is 2.61. The summed E-state index contributed by atoms with van der Waals surface area (Å²) in [7, 11) is 0. The van der Waals surface area contributed by atoms with Crippen molar-refractivity contribution in [2.75, 3.05) is 29.9 Å². The van der Waals surface area contributed by atoms with Crippen LogP contribution in [-0.4, -0.2) is 34.6 Å².